The van der Waals surface area contributed by atoms with Crippen molar-refractivity contribution in [3.8, 4) is 5.75 Å². The van der Waals surface area contributed by atoms with Crippen molar-refractivity contribution < 1.29 is 22.6 Å². The van der Waals surface area contributed by atoms with Crippen LogP contribution in [-0.4, -0.2) is 26.6 Å². The maximum atomic E-state index is 11.9. The van der Waals surface area contributed by atoms with E-state index in [2.05, 4.69) is 10.1 Å². The predicted octanol–water partition coefficient (Wildman–Crippen LogP) is 3.20. The van der Waals surface area contributed by atoms with E-state index in [9.17, 15) is 13.2 Å². The van der Waals surface area contributed by atoms with Gasteiger partial charge in [0.1, 0.15) is 12.4 Å². The smallest absolute Gasteiger partial charge is 0.491 e. The van der Waals surface area contributed by atoms with Gasteiger partial charge >= 0.3 is 6.36 Å². The molecule has 0 aliphatic heterocycles. The van der Waals surface area contributed by atoms with Crippen LogP contribution in [0.1, 0.15) is 30.0 Å². The zero-order valence-electron chi connectivity index (χ0n) is 11.3. The number of hydrogen-bond donors (Lipinski definition) is 1. The zero-order chi connectivity index (χ0) is 14.6. The molecular formula is C14H18F3NO2. The molecule has 112 valence electrons. The van der Waals surface area contributed by atoms with E-state index in [-0.39, 0.29) is 12.6 Å². The van der Waals surface area contributed by atoms with Gasteiger partial charge in [0.15, 0.2) is 0 Å². The van der Waals surface area contributed by atoms with E-state index in [0.29, 0.717) is 5.75 Å². The van der Waals surface area contributed by atoms with Crippen LogP contribution in [-0.2, 0) is 11.2 Å². The fourth-order valence-corrected chi connectivity index (χ4v) is 2.56. The lowest BCUT2D eigenvalue weighted by atomic mass is 9.87. The second-order valence-corrected chi connectivity index (χ2v) is 4.70. The minimum Gasteiger partial charge on any atom is -0.491 e. The van der Waals surface area contributed by atoms with E-state index < -0.39 is 13.0 Å². The Labute approximate surface area is 116 Å². The molecule has 0 saturated carbocycles. The molecular weight excluding hydrogens is 271 g/mol. The number of fused-ring (bicyclic) bond motifs is 1. The Kier molecular flexibility index (Phi) is 4.88. The predicted molar refractivity (Wildman–Crippen MR) is 68.7 cm³/mol. The van der Waals surface area contributed by atoms with Crippen molar-refractivity contribution in [3.05, 3.63) is 29.3 Å². The molecule has 0 aromatic heterocycles. The lowest BCUT2D eigenvalue weighted by Gasteiger charge is -2.26. The Bertz CT molecular complexity index is 449. The van der Waals surface area contributed by atoms with Crippen LogP contribution in [0.15, 0.2) is 18.2 Å². The number of rotatable bonds is 5. The summed E-state index contributed by atoms with van der Waals surface area (Å²) in [4.78, 5) is 0. The second kappa shape index (κ2) is 6.45. The molecule has 1 aliphatic rings. The highest BCUT2D eigenvalue weighted by molar-refractivity contribution is 5.43. The fourth-order valence-electron chi connectivity index (χ4n) is 2.56. The van der Waals surface area contributed by atoms with Crippen LogP contribution in [0.3, 0.4) is 0 Å². The molecule has 0 radical (unpaired) electrons. The SMILES string of the molecule is CNC1CCCc2c(OCCOC(F)(F)F)cccc21. The highest BCUT2D eigenvalue weighted by Gasteiger charge is 2.28. The molecule has 1 atom stereocenters. The minimum atomic E-state index is -4.60. The summed E-state index contributed by atoms with van der Waals surface area (Å²) in [7, 11) is 1.91. The molecule has 2 rings (SSSR count). The van der Waals surface area contributed by atoms with Crippen molar-refractivity contribution in [2.24, 2.45) is 0 Å². The van der Waals surface area contributed by atoms with E-state index in [4.69, 9.17) is 4.74 Å². The Hall–Kier alpha value is -1.27. The lowest BCUT2D eigenvalue weighted by molar-refractivity contribution is -0.325. The quantitative estimate of drug-likeness (QED) is 0.844. The van der Waals surface area contributed by atoms with Gasteiger partial charge in [-0.05, 0) is 43.5 Å². The molecule has 0 fully saturated rings. The summed E-state index contributed by atoms with van der Waals surface area (Å²) in [5.74, 6) is 0.660. The number of benzene rings is 1. The lowest BCUT2D eigenvalue weighted by Crippen LogP contribution is -2.22. The topological polar surface area (TPSA) is 30.5 Å². The van der Waals surface area contributed by atoms with Crippen LogP contribution < -0.4 is 10.1 Å². The average Bonchev–Trinajstić information content (AvgIpc) is 2.42. The van der Waals surface area contributed by atoms with E-state index in [1.807, 2.05) is 19.2 Å². The average molecular weight is 289 g/mol. The molecule has 1 aromatic rings. The second-order valence-electron chi connectivity index (χ2n) is 4.70. The zero-order valence-corrected chi connectivity index (χ0v) is 11.3. The highest BCUT2D eigenvalue weighted by atomic mass is 19.4. The van der Waals surface area contributed by atoms with Gasteiger partial charge in [-0.25, -0.2) is 0 Å². The van der Waals surface area contributed by atoms with Crippen LogP contribution in [0.4, 0.5) is 13.2 Å². The van der Waals surface area contributed by atoms with Crippen molar-refractivity contribution >= 4 is 0 Å². The van der Waals surface area contributed by atoms with Crippen molar-refractivity contribution in [2.45, 2.75) is 31.7 Å². The van der Waals surface area contributed by atoms with Gasteiger partial charge < -0.3 is 10.1 Å². The normalized spacial score (nSPS) is 18.7. The first-order valence-corrected chi connectivity index (χ1v) is 6.64. The maximum Gasteiger partial charge on any atom is 0.522 e. The van der Waals surface area contributed by atoms with E-state index in [1.54, 1.807) is 6.07 Å². The summed E-state index contributed by atoms with van der Waals surface area (Å²) >= 11 is 0. The summed E-state index contributed by atoms with van der Waals surface area (Å²) < 4.78 is 44.7. The summed E-state index contributed by atoms with van der Waals surface area (Å²) in [6.07, 6.45) is -1.61. The van der Waals surface area contributed by atoms with Crippen LogP contribution in [0, 0.1) is 0 Å². The van der Waals surface area contributed by atoms with Crippen LogP contribution in [0.5, 0.6) is 5.75 Å². The minimum absolute atomic E-state index is 0.111. The van der Waals surface area contributed by atoms with Gasteiger partial charge in [0.25, 0.3) is 0 Å². The molecule has 0 spiro atoms. The highest BCUT2D eigenvalue weighted by Crippen LogP contribution is 2.35. The molecule has 0 heterocycles. The molecule has 6 heteroatoms. The number of nitrogens with one attached hydrogen (secondary N) is 1. The molecule has 20 heavy (non-hydrogen) atoms. The molecule has 1 aliphatic carbocycles. The van der Waals surface area contributed by atoms with Crippen molar-refractivity contribution in [3.63, 3.8) is 0 Å². The van der Waals surface area contributed by atoms with E-state index >= 15 is 0 Å². The van der Waals surface area contributed by atoms with E-state index in [0.717, 1.165) is 24.8 Å². The third kappa shape index (κ3) is 3.86. The third-order valence-electron chi connectivity index (χ3n) is 3.42. The largest absolute Gasteiger partial charge is 0.522 e. The first kappa shape index (κ1) is 15.1. The van der Waals surface area contributed by atoms with Gasteiger partial charge in [0, 0.05) is 6.04 Å². The summed E-state index contributed by atoms with van der Waals surface area (Å²) in [6, 6.07) is 5.99. The van der Waals surface area contributed by atoms with Crippen molar-refractivity contribution in [2.75, 3.05) is 20.3 Å². The van der Waals surface area contributed by atoms with Crippen molar-refractivity contribution in [1.82, 2.24) is 5.32 Å². The number of ether oxygens (including phenoxy) is 2. The summed E-state index contributed by atoms with van der Waals surface area (Å²) in [6.45, 7) is -0.608. The number of halogens is 3. The molecule has 1 N–H and O–H groups in total. The van der Waals surface area contributed by atoms with E-state index in [1.165, 1.54) is 5.56 Å². The van der Waals surface area contributed by atoms with Crippen LogP contribution in [0.25, 0.3) is 0 Å². The molecule has 0 saturated heterocycles. The Morgan fingerprint density at radius 2 is 2.10 bits per heavy atom. The number of alkyl halides is 3. The summed E-state index contributed by atoms with van der Waals surface area (Å²) in [5.41, 5.74) is 2.26. The van der Waals surface area contributed by atoms with Gasteiger partial charge in [0.05, 0.1) is 6.61 Å². The van der Waals surface area contributed by atoms with Crippen molar-refractivity contribution in [1.29, 1.82) is 0 Å². The van der Waals surface area contributed by atoms with Gasteiger partial charge in [-0.3, -0.25) is 4.74 Å². The Morgan fingerprint density at radius 1 is 1.30 bits per heavy atom. The molecule has 0 amide bonds. The van der Waals surface area contributed by atoms with Crippen LogP contribution in [0.2, 0.25) is 0 Å². The monoisotopic (exact) mass is 289 g/mol. The Balaban J connectivity index is 1.99. The first-order valence-electron chi connectivity index (χ1n) is 6.64. The van der Waals surface area contributed by atoms with Gasteiger partial charge in [-0.15, -0.1) is 13.2 Å². The molecule has 1 unspecified atom stereocenters. The van der Waals surface area contributed by atoms with Crippen LogP contribution >= 0.6 is 0 Å². The van der Waals surface area contributed by atoms with Gasteiger partial charge in [0.2, 0.25) is 0 Å². The molecule has 1 aromatic carbocycles. The van der Waals surface area contributed by atoms with Gasteiger partial charge in [-0.2, -0.15) is 0 Å². The molecule has 0 bridgehead atoms. The maximum absolute atomic E-state index is 11.9. The summed E-state index contributed by atoms with van der Waals surface area (Å²) in [5, 5.41) is 3.25. The Morgan fingerprint density at radius 3 is 2.80 bits per heavy atom. The fraction of sp³-hybridized carbons (Fsp3) is 0.571. The standard InChI is InChI=1S/C14H18F3NO2/c1-18-12-6-2-5-11-10(12)4-3-7-13(11)19-8-9-20-14(15,16)17/h3-4,7,12,18H,2,5-6,8-9H2,1H3. The third-order valence-corrected chi connectivity index (χ3v) is 3.42. The first-order chi connectivity index (χ1) is 9.51. The molecule has 3 nitrogen and oxygen atoms in total. The number of hydrogen-bond acceptors (Lipinski definition) is 3. The van der Waals surface area contributed by atoms with Gasteiger partial charge in [-0.1, -0.05) is 12.1 Å².